The molecule has 3 aromatic rings. The molecule has 45 heavy (non-hydrogen) atoms. The van der Waals surface area contributed by atoms with Gasteiger partial charge in [-0.25, -0.2) is 14.4 Å². The Bertz CT molecular complexity index is 1650. The number of rotatable bonds is 15. The minimum Gasteiger partial charge on any atom is -0.494 e. The lowest BCUT2D eigenvalue weighted by molar-refractivity contribution is -0.153. The van der Waals surface area contributed by atoms with Crippen molar-refractivity contribution in [1.82, 2.24) is 14.7 Å². The van der Waals surface area contributed by atoms with Gasteiger partial charge in [-0.15, -0.1) is 0 Å². The van der Waals surface area contributed by atoms with E-state index in [-0.39, 0.29) is 41.8 Å². The van der Waals surface area contributed by atoms with Gasteiger partial charge >= 0.3 is 5.97 Å². The molecule has 5 N–H and O–H groups in total. The fourth-order valence-electron chi connectivity index (χ4n) is 4.88. The lowest BCUT2D eigenvalue weighted by Gasteiger charge is -2.23. The molecule has 1 fully saturated rings. The number of esters is 1. The molecular weight excluding hydrogens is 583 g/mol. The quantitative estimate of drug-likeness (QED) is 0.0491. The molecule has 0 saturated heterocycles. The Morgan fingerprint density at radius 3 is 2.69 bits per heavy atom. The van der Waals surface area contributed by atoms with Crippen molar-refractivity contribution in [2.75, 3.05) is 18.7 Å². The van der Waals surface area contributed by atoms with Crippen LogP contribution >= 0.6 is 0 Å². The highest BCUT2D eigenvalue weighted by Crippen LogP contribution is 2.41. The zero-order valence-corrected chi connectivity index (χ0v) is 25.6. The molecule has 0 spiro atoms. The van der Waals surface area contributed by atoms with Crippen LogP contribution in [-0.4, -0.2) is 53.2 Å². The average molecular weight is 621 g/mol. The number of hydrazone groups is 1. The van der Waals surface area contributed by atoms with Gasteiger partial charge in [0.2, 0.25) is 0 Å². The van der Waals surface area contributed by atoms with E-state index in [1.54, 1.807) is 6.92 Å². The van der Waals surface area contributed by atoms with Gasteiger partial charge < -0.3 is 25.0 Å². The van der Waals surface area contributed by atoms with E-state index in [0.29, 0.717) is 30.3 Å². The number of carbonyl (C=O) groups is 2. The first-order chi connectivity index (χ1) is 21.6. The lowest BCUT2D eigenvalue weighted by atomic mass is 9.85. The second-order valence-electron chi connectivity index (χ2n) is 11.1. The van der Waals surface area contributed by atoms with Crippen molar-refractivity contribution >= 4 is 41.5 Å². The number of hydrogen-bond donors (Lipinski definition) is 4. The number of ether oxygens (including phenoxy) is 2. The summed E-state index contributed by atoms with van der Waals surface area (Å²) in [6.45, 7) is 5.58. The van der Waals surface area contributed by atoms with Crippen molar-refractivity contribution in [1.29, 1.82) is 10.9 Å². The second-order valence-corrected chi connectivity index (χ2v) is 11.1. The average Bonchev–Trinajstić information content (AvgIpc) is 3.79. The summed E-state index contributed by atoms with van der Waals surface area (Å²) in [5.41, 5.74) is 9.76. The molecule has 4 rings (SSSR count). The van der Waals surface area contributed by atoms with E-state index in [2.05, 4.69) is 26.7 Å². The van der Waals surface area contributed by atoms with Gasteiger partial charge in [0.05, 0.1) is 43.3 Å². The van der Waals surface area contributed by atoms with Gasteiger partial charge in [0.15, 0.2) is 17.3 Å². The van der Waals surface area contributed by atoms with Crippen molar-refractivity contribution < 1.29 is 23.5 Å². The molecule has 0 aliphatic heterocycles. The third kappa shape index (κ3) is 7.48. The number of aromatic nitrogens is 2. The molecule has 0 unspecified atom stereocenters. The number of nitrogens with two attached hydrogens (primary N) is 1. The van der Waals surface area contributed by atoms with Crippen LogP contribution in [0.2, 0.25) is 0 Å². The van der Waals surface area contributed by atoms with Crippen LogP contribution in [0, 0.1) is 22.2 Å². The number of nitrogens with one attached hydrogen (secondary N) is 3. The summed E-state index contributed by atoms with van der Waals surface area (Å²) >= 11 is 0. The lowest BCUT2D eigenvalue weighted by Crippen LogP contribution is -2.33. The minimum atomic E-state index is -0.785. The van der Waals surface area contributed by atoms with Crippen LogP contribution in [0.1, 0.15) is 61.9 Å². The number of amides is 1. The van der Waals surface area contributed by atoms with Gasteiger partial charge in [-0.3, -0.25) is 20.0 Å². The molecular formula is C30H37FN10O4. The van der Waals surface area contributed by atoms with Crippen LogP contribution in [0.5, 0.6) is 5.75 Å². The van der Waals surface area contributed by atoms with Crippen molar-refractivity contribution in [3.8, 4) is 5.75 Å². The van der Waals surface area contributed by atoms with Crippen LogP contribution in [-0.2, 0) is 33.8 Å². The number of hydrogen-bond acceptors (Lipinski definition) is 11. The zero-order chi connectivity index (χ0) is 32.7. The molecule has 0 bridgehead atoms. The van der Waals surface area contributed by atoms with Crippen LogP contribution in [0.15, 0.2) is 45.9 Å². The number of anilines is 1. The summed E-state index contributed by atoms with van der Waals surface area (Å²) in [6, 6.07) is 4.86. The van der Waals surface area contributed by atoms with Gasteiger partial charge in [-0.05, 0) is 69.2 Å². The van der Waals surface area contributed by atoms with E-state index >= 15 is 4.39 Å². The van der Waals surface area contributed by atoms with Gasteiger partial charge in [0.1, 0.15) is 12.0 Å². The summed E-state index contributed by atoms with van der Waals surface area (Å²) in [6.07, 6.45) is 8.52. The maximum absolute atomic E-state index is 15.0. The molecule has 2 aromatic heterocycles. The zero-order valence-electron chi connectivity index (χ0n) is 25.6. The molecule has 1 saturated carbocycles. The number of pyridine rings is 1. The van der Waals surface area contributed by atoms with Gasteiger partial charge in [-0.1, -0.05) is 11.3 Å². The molecule has 1 aliphatic rings. The third-order valence-corrected chi connectivity index (χ3v) is 7.35. The monoisotopic (exact) mass is 620 g/mol. The topological polar surface area (TPSA) is 196 Å². The number of carbonyl (C=O) groups excluding carboxylic acids is 2. The number of methoxy groups -OCH3 is 1. The van der Waals surface area contributed by atoms with Gasteiger partial charge in [0.25, 0.3) is 5.91 Å². The molecule has 15 heteroatoms. The van der Waals surface area contributed by atoms with Gasteiger partial charge in [0, 0.05) is 24.5 Å². The Hall–Kier alpha value is -5.21. The summed E-state index contributed by atoms with van der Waals surface area (Å²) in [5.74, 6) is 4.08. The van der Waals surface area contributed by atoms with Crippen LogP contribution in [0.3, 0.4) is 0 Å². The summed E-state index contributed by atoms with van der Waals surface area (Å²) < 4.78 is 27.3. The van der Waals surface area contributed by atoms with Crippen molar-refractivity contribution in [3.63, 3.8) is 0 Å². The van der Waals surface area contributed by atoms with Crippen LogP contribution < -0.4 is 20.9 Å². The fraction of sp³-hybridized carbons (Fsp3) is 0.400. The SMILES string of the molecule is CCOC(=O)C(C)(C)Cc1cc(C2CC2)cn2cc(CN=CC(=NN)C(=O)NCc3c(N(C=N)N=N)ccc(OC)c3F)nc12. The fourth-order valence-corrected chi connectivity index (χ4v) is 4.88. The van der Waals surface area contributed by atoms with E-state index in [4.69, 9.17) is 31.2 Å². The molecule has 0 atom stereocenters. The molecule has 0 radical (unpaired) electrons. The molecule has 14 nitrogen and oxygen atoms in total. The van der Waals surface area contributed by atoms with Crippen molar-refractivity contribution in [3.05, 3.63) is 58.8 Å². The van der Waals surface area contributed by atoms with Crippen molar-refractivity contribution in [2.45, 2.75) is 59.0 Å². The van der Waals surface area contributed by atoms with Crippen molar-refractivity contribution in [2.24, 2.45) is 26.6 Å². The van der Waals surface area contributed by atoms with Crippen LogP contribution in [0.4, 0.5) is 10.1 Å². The van der Waals surface area contributed by atoms with E-state index in [9.17, 15) is 9.59 Å². The number of imidazole rings is 1. The number of aliphatic imine (C=N–C) groups is 1. The Morgan fingerprint density at radius 2 is 2.07 bits per heavy atom. The predicted molar refractivity (Wildman–Crippen MR) is 166 cm³/mol. The summed E-state index contributed by atoms with van der Waals surface area (Å²) in [7, 11) is 1.29. The highest BCUT2D eigenvalue weighted by molar-refractivity contribution is 6.60. The smallest absolute Gasteiger partial charge is 0.311 e. The van der Waals surface area contributed by atoms with Crippen LogP contribution in [0.25, 0.3) is 5.65 Å². The summed E-state index contributed by atoms with van der Waals surface area (Å²) in [4.78, 5) is 34.5. The summed E-state index contributed by atoms with van der Waals surface area (Å²) in [5, 5.41) is 17.5. The highest BCUT2D eigenvalue weighted by atomic mass is 19.1. The number of nitrogens with zero attached hydrogens (tertiary/aromatic N) is 6. The van der Waals surface area contributed by atoms with E-state index in [0.717, 1.165) is 29.8 Å². The Balaban J connectivity index is 1.50. The molecule has 1 amide bonds. The minimum absolute atomic E-state index is 0.0623. The Morgan fingerprint density at radius 1 is 1.31 bits per heavy atom. The maximum atomic E-state index is 15.0. The molecule has 1 aromatic carbocycles. The molecule has 238 valence electrons. The Labute approximate surface area is 259 Å². The first-order valence-corrected chi connectivity index (χ1v) is 14.3. The first kappa shape index (κ1) is 32.7. The molecule has 1 aliphatic carbocycles. The first-order valence-electron chi connectivity index (χ1n) is 14.3. The third-order valence-electron chi connectivity index (χ3n) is 7.35. The second kappa shape index (κ2) is 14.1. The Kier molecular flexibility index (Phi) is 10.2. The normalized spacial score (nSPS) is 13.6. The number of benzene rings is 1. The van der Waals surface area contributed by atoms with E-state index < -0.39 is 17.1 Å². The number of halogens is 1. The standard InChI is InChI=1S/C30H37FN10O4/c1-5-45-29(43)30(2,3)11-19-10-20(18-6-7-18)15-40-16-21(37-27(19)40)12-35-14-23(38-33)28(42)36-13-22-24(41(17-32)39-34)8-9-25(44-4)26(22)31/h8-10,14-18,32,34H,5-7,11-13,33H2,1-4H3,(H,36,42). The maximum Gasteiger partial charge on any atom is 0.311 e. The van der Waals surface area contributed by atoms with Gasteiger partial charge in [-0.2, -0.15) is 10.6 Å². The number of fused-ring (bicyclic) bond motifs is 1. The predicted octanol–water partition coefficient (Wildman–Crippen LogP) is 4.05. The molecule has 2 heterocycles. The van der Waals surface area contributed by atoms with E-state index in [1.807, 2.05) is 30.6 Å². The van der Waals surface area contributed by atoms with E-state index in [1.165, 1.54) is 31.0 Å². The highest BCUT2D eigenvalue weighted by Gasteiger charge is 2.32. The largest absolute Gasteiger partial charge is 0.494 e.